The molecule has 1 aliphatic rings. The molecule has 0 spiro atoms. The Morgan fingerprint density at radius 1 is 1.22 bits per heavy atom. The van der Waals surface area contributed by atoms with Crippen LogP contribution in [0, 0.1) is 0 Å². The highest BCUT2D eigenvalue weighted by Crippen LogP contribution is 2.36. The van der Waals surface area contributed by atoms with Crippen molar-refractivity contribution in [2.75, 3.05) is 40.8 Å². The van der Waals surface area contributed by atoms with Crippen molar-refractivity contribution in [3.05, 3.63) is 0 Å². The first-order valence-corrected chi connectivity index (χ1v) is 7.01. The predicted molar refractivity (Wildman–Crippen MR) is 74.9 cm³/mol. The molecule has 1 atom stereocenters. The van der Waals surface area contributed by atoms with Crippen molar-refractivity contribution < 1.29 is 9.84 Å². The van der Waals surface area contributed by atoms with Crippen molar-refractivity contribution in [3.63, 3.8) is 0 Å². The van der Waals surface area contributed by atoms with Crippen molar-refractivity contribution in [1.29, 1.82) is 0 Å². The van der Waals surface area contributed by atoms with Gasteiger partial charge < -0.3 is 19.6 Å². The monoisotopic (exact) mass is 258 g/mol. The van der Waals surface area contributed by atoms with E-state index in [2.05, 4.69) is 30.9 Å². The van der Waals surface area contributed by atoms with E-state index < -0.39 is 6.10 Å². The zero-order valence-corrected chi connectivity index (χ0v) is 12.6. The summed E-state index contributed by atoms with van der Waals surface area (Å²) in [6.45, 7) is 6.12. The first-order chi connectivity index (χ1) is 8.35. The number of ether oxygens (including phenoxy) is 1. The van der Waals surface area contributed by atoms with Gasteiger partial charge in [-0.25, -0.2) is 0 Å². The fourth-order valence-electron chi connectivity index (χ4n) is 2.61. The van der Waals surface area contributed by atoms with Crippen molar-refractivity contribution in [1.82, 2.24) is 9.80 Å². The van der Waals surface area contributed by atoms with E-state index >= 15 is 0 Å². The summed E-state index contributed by atoms with van der Waals surface area (Å²) in [6.07, 6.45) is 3.65. The average Bonchev–Trinajstić information content (AvgIpc) is 2.20. The molecule has 108 valence electrons. The summed E-state index contributed by atoms with van der Waals surface area (Å²) >= 11 is 0. The molecule has 0 aromatic carbocycles. The van der Waals surface area contributed by atoms with E-state index in [9.17, 15) is 5.11 Å². The van der Waals surface area contributed by atoms with Gasteiger partial charge in [-0.05, 0) is 54.3 Å². The van der Waals surface area contributed by atoms with Crippen LogP contribution >= 0.6 is 0 Å². The average molecular weight is 258 g/mol. The molecule has 1 aliphatic carbocycles. The van der Waals surface area contributed by atoms with E-state index in [-0.39, 0.29) is 6.10 Å². The lowest BCUT2D eigenvalue weighted by molar-refractivity contribution is -0.0217. The maximum atomic E-state index is 9.91. The molecule has 0 aromatic rings. The highest BCUT2D eigenvalue weighted by atomic mass is 16.5. The summed E-state index contributed by atoms with van der Waals surface area (Å²) < 4.78 is 5.44. The maximum Gasteiger partial charge on any atom is 0.0900 e. The smallest absolute Gasteiger partial charge is 0.0900 e. The molecule has 0 aromatic heterocycles. The van der Waals surface area contributed by atoms with E-state index in [1.54, 1.807) is 0 Å². The number of hydrogen-bond donors (Lipinski definition) is 1. The van der Waals surface area contributed by atoms with Crippen LogP contribution in [-0.4, -0.2) is 73.5 Å². The van der Waals surface area contributed by atoms with Crippen molar-refractivity contribution in [2.24, 2.45) is 0 Å². The number of nitrogens with zero attached hydrogens (tertiary/aromatic N) is 2. The van der Waals surface area contributed by atoms with Crippen LogP contribution < -0.4 is 0 Å². The Morgan fingerprint density at radius 2 is 1.83 bits per heavy atom. The third kappa shape index (κ3) is 4.50. The molecule has 4 heteroatoms. The SMILES string of the molecule is CC(C)OCC(O)CN(C)CC1(N(C)C)CCC1. The normalized spacial score (nSPS) is 20.5. The zero-order valence-electron chi connectivity index (χ0n) is 12.6. The van der Waals surface area contributed by atoms with Gasteiger partial charge >= 0.3 is 0 Å². The fraction of sp³-hybridized carbons (Fsp3) is 1.00. The number of aliphatic hydroxyl groups excluding tert-OH is 1. The topological polar surface area (TPSA) is 35.9 Å². The minimum Gasteiger partial charge on any atom is -0.389 e. The standard InChI is InChI=1S/C14H30N2O2/c1-12(2)18-10-13(17)9-16(5)11-14(15(3)4)7-6-8-14/h12-13,17H,6-11H2,1-5H3. The molecule has 1 N–H and O–H groups in total. The molecule has 4 nitrogen and oxygen atoms in total. The first-order valence-electron chi connectivity index (χ1n) is 7.01. The second kappa shape index (κ2) is 6.85. The highest BCUT2D eigenvalue weighted by molar-refractivity contribution is 4.97. The van der Waals surface area contributed by atoms with Crippen LogP contribution in [0.4, 0.5) is 0 Å². The minimum atomic E-state index is -0.392. The summed E-state index contributed by atoms with van der Waals surface area (Å²) in [5.41, 5.74) is 0.327. The number of likely N-dealkylation sites (N-methyl/N-ethyl adjacent to an activating group) is 2. The lowest BCUT2D eigenvalue weighted by Crippen LogP contribution is -2.57. The van der Waals surface area contributed by atoms with Gasteiger partial charge in [-0.2, -0.15) is 0 Å². The first kappa shape index (κ1) is 15.9. The molecule has 0 aliphatic heterocycles. The van der Waals surface area contributed by atoms with Crippen molar-refractivity contribution in [3.8, 4) is 0 Å². The van der Waals surface area contributed by atoms with Gasteiger partial charge in [-0.3, -0.25) is 0 Å². The third-order valence-corrected chi connectivity index (χ3v) is 3.94. The van der Waals surface area contributed by atoms with E-state index in [4.69, 9.17) is 4.74 Å². The van der Waals surface area contributed by atoms with E-state index in [1.807, 2.05) is 13.8 Å². The van der Waals surface area contributed by atoms with Crippen LogP contribution in [0.15, 0.2) is 0 Å². The van der Waals surface area contributed by atoms with Crippen LogP contribution in [-0.2, 0) is 4.74 Å². The Morgan fingerprint density at radius 3 is 2.22 bits per heavy atom. The van der Waals surface area contributed by atoms with Gasteiger partial charge in [0.2, 0.25) is 0 Å². The number of aliphatic hydroxyl groups is 1. The van der Waals surface area contributed by atoms with E-state index in [1.165, 1.54) is 19.3 Å². The quantitative estimate of drug-likeness (QED) is 0.709. The van der Waals surface area contributed by atoms with Gasteiger partial charge in [-0.1, -0.05) is 0 Å². The second-order valence-corrected chi connectivity index (χ2v) is 6.20. The molecule has 1 fully saturated rings. The molecule has 0 heterocycles. The highest BCUT2D eigenvalue weighted by Gasteiger charge is 2.39. The zero-order chi connectivity index (χ0) is 13.8. The van der Waals surface area contributed by atoms with Gasteiger partial charge in [-0.15, -0.1) is 0 Å². The molecule has 0 bridgehead atoms. The summed E-state index contributed by atoms with van der Waals surface area (Å²) in [6, 6.07) is 0. The summed E-state index contributed by atoms with van der Waals surface area (Å²) in [5.74, 6) is 0. The van der Waals surface area contributed by atoms with Gasteiger partial charge in [0, 0.05) is 18.6 Å². The van der Waals surface area contributed by atoms with Gasteiger partial charge in [0.05, 0.1) is 18.8 Å². The Bertz CT molecular complexity index is 240. The fourth-order valence-corrected chi connectivity index (χ4v) is 2.61. The minimum absolute atomic E-state index is 0.185. The third-order valence-electron chi connectivity index (χ3n) is 3.94. The Hall–Kier alpha value is -0.160. The molecule has 0 amide bonds. The number of hydrogen-bond acceptors (Lipinski definition) is 4. The Kier molecular flexibility index (Phi) is 6.05. The van der Waals surface area contributed by atoms with Gasteiger partial charge in [0.15, 0.2) is 0 Å². The van der Waals surface area contributed by atoms with Gasteiger partial charge in [0.25, 0.3) is 0 Å². The Labute approximate surface area is 112 Å². The lowest BCUT2D eigenvalue weighted by Gasteiger charge is -2.49. The van der Waals surface area contributed by atoms with Crippen molar-refractivity contribution >= 4 is 0 Å². The summed E-state index contributed by atoms with van der Waals surface area (Å²) in [4.78, 5) is 4.57. The summed E-state index contributed by atoms with van der Waals surface area (Å²) in [7, 11) is 6.40. The molecular formula is C14H30N2O2. The molecule has 0 saturated heterocycles. The maximum absolute atomic E-state index is 9.91. The molecule has 0 radical (unpaired) electrons. The van der Waals surface area contributed by atoms with Crippen LogP contribution in [0.1, 0.15) is 33.1 Å². The Balaban J connectivity index is 2.30. The largest absolute Gasteiger partial charge is 0.389 e. The van der Waals surface area contributed by atoms with E-state index in [0.29, 0.717) is 18.7 Å². The summed E-state index contributed by atoms with van der Waals surface area (Å²) in [5, 5.41) is 9.91. The van der Waals surface area contributed by atoms with Gasteiger partial charge in [0.1, 0.15) is 0 Å². The predicted octanol–water partition coefficient (Wildman–Crippen LogP) is 1.19. The molecular weight excluding hydrogens is 228 g/mol. The van der Waals surface area contributed by atoms with Crippen LogP contribution in [0.3, 0.4) is 0 Å². The van der Waals surface area contributed by atoms with Crippen molar-refractivity contribution in [2.45, 2.75) is 50.9 Å². The molecule has 1 unspecified atom stereocenters. The lowest BCUT2D eigenvalue weighted by atomic mass is 9.75. The van der Waals surface area contributed by atoms with Crippen LogP contribution in [0.25, 0.3) is 0 Å². The van der Waals surface area contributed by atoms with Crippen LogP contribution in [0.5, 0.6) is 0 Å². The second-order valence-electron chi connectivity index (χ2n) is 6.20. The molecule has 1 rings (SSSR count). The number of rotatable bonds is 8. The van der Waals surface area contributed by atoms with Crippen LogP contribution in [0.2, 0.25) is 0 Å². The molecule has 18 heavy (non-hydrogen) atoms. The van der Waals surface area contributed by atoms with E-state index in [0.717, 1.165) is 6.54 Å². The molecule has 1 saturated carbocycles.